The summed E-state index contributed by atoms with van der Waals surface area (Å²) in [4.78, 5) is 13.7. The van der Waals surface area contributed by atoms with Crippen molar-refractivity contribution in [2.24, 2.45) is 0 Å². The molecule has 0 aromatic carbocycles. The van der Waals surface area contributed by atoms with Gasteiger partial charge >= 0.3 is 5.97 Å². The first-order valence-electron chi connectivity index (χ1n) is 5.36. The van der Waals surface area contributed by atoms with Crippen LogP contribution in [-0.4, -0.2) is 48.7 Å². The molecule has 2 rings (SSSR count). The highest BCUT2D eigenvalue weighted by molar-refractivity contribution is 5.77. The lowest BCUT2D eigenvalue weighted by Crippen LogP contribution is -2.59. The molecule has 4 nitrogen and oxygen atoms in total. The molecule has 4 heteroatoms. The zero-order valence-electron chi connectivity index (χ0n) is 8.82. The SMILES string of the molecule is CC1NCCN(C2CCOC2=O)C1C. The van der Waals surface area contributed by atoms with Gasteiger partial charge in [-0.2, -0.15) is 0 Å². The Morgan fingerprint density at radius 1 is 1.50 bits per heavy atom. The summed E-state index contributed by atoms with van der Waals surface area (Å²) in [6.45, 7) is 6.84. The van der Waals surface area contributed by atoms with Gasteiger partial charge in [-0.25, -0.2) is 0 Å². The Kier molecular flexibility index (Phi) is 2.74. The van der Waals surface area contributed by atoms with Crippen LogP contribution in [0.3, 0.4) is 0 Å². The summed E-state index contributed by atoms with van der Waals surface area (Å²) in [5, 5.41) is 3.41. The largest absolute Gasteiger partial charge is 0.464 e. The standard InChI is InChI=1S/C10H18N2O2/c1-7-8(2)12(5-4-11-7)9-3-6-14-10(9)13/h7-9,11H,3-6H2,1-2H3. The van der Waals surface area contributed by atoms with Crippen LogP contribution in [0.2, 0.25) is 0 Å². The van der Waals surface area contributed by atoms with Gasteiger partial charge in [0, 0.05) is 31.6 Å². The minimum absolute atomic E-state index is 0.00884. The minimum atomic E-state index is -0.0362. The number of ether oxygens (including phenoxy) is 1. The average molecular weight is 198 g/mol. The molecule has 0 amide bonds. The van der Waals surface area contributed by atoms with E-state index in [-0.39, 0.29) is 12.0 Å². The van der Waals surface area contributed by atoms with E-state index in [1.165, 1.54) is 0 Å². The molecule has 0 radical (unpaired) electrons. The molecule has 2 aliphatic heterocycles. The molecule has 0 aromatic heterocycles. The third-order valence-electron chi connectivity index (χ3n) is 3.39. The van der Waals surface area contributed by atoms with Gasteiger partial charge in [0.15, 0.2) is 0 Å². The van der Waals surface area contributed by atoms with E-state index in [0.29, 0.717) is 18.7 Å². The van der Waals surface area contributed by atoms with E-state index in [0.717, 1.165) is 19.5 Å². The first kappa shape index (κ1) is 9.93. The van der Waals surface area contributed by atoms with Crippen LogP contribution in [0, 0.1) is 0 Å². The summed E-state index contributed by atoms with van der Waals surface area (Å²) in [6, 6.07) is 0.881. The predicted molar refractivity (Wildman–Crippen MR) is 53.0 cm³/mol. The maximum Gasteiger partial charge on any atom is 0.323 e. The molecule has 0 saturated carbocycles. The molecule has 0 aromatic rings. The van der Waals surface area contributed by atoms with E-state index in [1.54, 1.807) is 0 Å². The molecular formula is C10H18N2O2. The molecule has 0 bridgehead atoms. The Morgan fingerprint density at radius 3 is 2.93 bits per heavy atom. The third kappa shape index (κ3) is 1.64. The van der Waals surface area contributed by atoms with Crippen LogP contribution in [0.25, 0.3) is 0 Å². The van der Waals surface area contributed by atoms with Crippen LogP contribution in [0.5, 0.6) is 0 Å². The number of carbonyl (C=O) groups is 1. The maximum absolute atomic E-state index is 11.4. The van der Waals surface area contributed by atoms with Crippen molar-refractivity contribution in [3.05, 3.63) is 0 Å². The fourth-order valence-corrected chi connectivity index (χ4v) is 2.31. The fraction of sp³-hybridized carbons (Fsp3) is 0.900. The molecule has 3 unspecified atom stereocenters. The highest BCUT2D eigenvalue weighted by Crippen LogP contribution is 2.19. The molecule has 2 heterocycles. The molecule has 3 atom stereocenters. The molecule has 2 aliphatic rings. The highest BCUT2D eigenvalue weighted by atomic mass is 16.5. The first-order chi connectivity index (χ1) is 6.70. The molecule has 2 saturated heterocycles. The van der Waals surface area contributed by atoms with Gasteiger partial charge in [-0.15, -0.1) is 0 Å². The van der Waals surface area contributed by atoms with Gasteiger partial charge in [0.2, 0.25) is 0 Å². The molecular weight excluding hydrogens is 180 g/mol. The number of hydrogen-bond donors (Lipinski definition) is 1. The van der Waals surface area contributed by atoms with Crippen LogP contribution in [0.15, 0.2) is 0 Å². The quantitative estimate of drug-likeness (QED) is 0.601. The summed E-state index contributed by atoms with van der Waals surface area (Å²) >= 11 is 0. The second-order valence-corrected chi connectivity index (χ2v) is 4.19. The number of nitrogens with zero attached hydrogens (tertiary/aromatic N) is 1. The first-order valence-corrected chi connectivity index (χ1v) is 5.36. The molecule has 2 fully saturated rings. The van der Waals surface area contributed by atoms with Gasteiger partial charge in [-0.05, 0) is 13.8 Å². The Morgan fingerprint density at radius 2 is 2.29 bits per heavy atom. The zero-order chi connectivity index (χ0) is 10.1. The Hall–Kier alpha value is -0.610. The second-order valence-electron chi connectivity index (χ2n) is 4.19. The van der Waals surface area contributed by atoms with Crippen LogP contribution >= 0.6 is 0 Å². The van der Waals surface area contributed by atoms with Gasteiger partial charge in [0.05, 0.1) is 6.61 Å². The molecule has 0 aliphatic carbocycles. The normalized spacial score (nSPS) is 39.9. The van der Waals surface area contributed by atoms with Crippen LogP contribution < -0.4 is 5.32 Å². The lowest BCUT2D eigenvalue weighted by molar-refractivity contribution is -0.143. The summed E-state index contributed by atoms with van der Waals surface area (Å²) in [5.74, 6) is -0.0362. The van der Waals surface area contributed by atoms with Crippen LogP contribution in [0.1, 0.15) is 20.3 Å². The molecule has 14 heavy (non-hydrogen) atoms. The van der Waals surface area contributed by atoms with Crippen LogP contribution in [0.4, 0.5) is 0 Å². The number of rotatable bonds is 1. The lowest BCUT2D eigenvalue weighted by atomic mass is 10.0. The Labute approximate surface area is 84.6 Å². The lowest BCUT2D eigenvalue weighted by Gasteiger charge is -2.40. The van der Waals surface area contributed by atoms with Crippen molar-refractivity contribution in [3.8, 4) is 0 Å². The molecule has 80 valence electrons. The predicted octanol–water partition coefficient (Wildman–Crippen LogP) is -0.0159. The van der Waals surface area contributed by atoms with Crippen molar-refractivity contribution in [2.45, 2.75) is 38.4 Å². The maximum atomic E-state index is 11.4. The van der Waals surface area contributed by atoms with E-state index in [4.69, 9.17) is 4.74 Å². The van der Waals surface area contributed by atoms with Crippen LogP contribution in [-0.2, 0) is 9.53 Å². The number of carbonyl (C=O) groups excluding carboxylic acids is 1. The van der Waals surface area contributed by atoms with E-state index in [2.05, 4.69) is 24.1 Å². The smallest absolute Gasteiger partial charge is 0.323 e. The van der Waals surface area contributed by atoms with E-state index in [1.807, 2.05) is 0 Å². The van der Waals surface area contributed by atoms with Gasteiger partial charge in [-0.1, -0.05) is 0 Å². The van der Waals surface area contributed by atoms with Crippen molar-refractivity contribution in [2.75, 3.05) is 19.7 Å². The van der Waals surface area contributed by atoms with Gasteiger partial charge < -0.3 is 10.1 Å². The average Bonchev–Trinajstić information content (AvgIpc) is 2.57. The topological polar surface area (TPSA) is 41.6 Å². The molecule has 1 N–H and O–H groups in total. The van der Waals surface area contributed by atoms with Gasteiger partial charge in [0.1, 0.15) is 6.04 Å². The summed E-state index contributed by atoms with van der Waals surface area (Å²) in [6.07, 6.45) is 0.857. The monoisotopic (exact) mass is 198 g/mol. The van der Waals surface area contributed by atoms with Crippen molar-refractivity contribution < 1.29 is 9.53 Å². The number of esters is 1. The van der Waals surface area contributed by atoms with Gasteiger partial charge in [0.25, 0.3) is 0 Å². The second kappa shape index (κ2) is 3.87. The third-order valence-corrected chi connectivity index (χ3v) is 3.39. The molecule has 0 spiro atoms. The summed E-state index contributed by atoms with van der Waals surface area (Å²) < 4.78 is 5.00. The highest BCUT2D eigenvalue weighted by Gasteiger charge is 2.37. The number of hydrogen-bond acceptors (Lipinski definition) is 4. The Bertz CT molecular complexity index is 232. The fourth-order valence-electron chi connectivity index (χ4n) is 2.31. The zero-order valence-corrected chi connectivity index (χ0v) is 8.82. The van der Waals surface area contributed by atoms with Crippen molar-refractivity contribution >= 4 is 5.97 Å². The number of cyclic esters (lactones) is 1. The Balaban J connectivity index is 2.05. The van der Waals surface area contributed by atoms with Crippen molar-refractivity contribution in [1.82, 2.24) is 10.2 Å². The van der Waals surface area contributed by atoms with Gasteiger partial charge in [-0.3, -0.25) is 9.69 Å². The summed E-state index contributed by atoms with van der Waals surface area (Å²) in [7, 11) is 0. The van der Waals surface area contributed by atoms with E-state index < -0.39 is 0 Å². The van der Waals surface area contributed by atoms with Crippen molar-refractivity contribution in [1.29, 1.82) is 0 Å². The minimum Gasteiger partial charge on any atom is -0.464 e. The number of piperazine rings is 1. The van der Waals surface area contributed by atoms with Crippen molar-refractivity contribution in [3.63, 3.8) is 0 Å². The van der Waals surface area contributed by atoms with E-state index in [9.17, 15) is 4.79 Å². The number of nitrogens with one attached hydrogen (secondary N) is 1. The van der Waals surface area contributed by atoms with E-state index >= 15 is 0 Å². The summed E-state index contributed by atoms with van der Waals surface area (Å²) in [5.41, 5.74) is 0.